The summed E-state index contributed by atoms with van der Waals surface area (Å²) in [6.07, 6.45) is -0.716. The van der Waals surface area contributed by atoms with Gasteiger partial charge in [-0.3, -0.25) is 0 Å². The second kappa shape index (κ2) is 4.26. The summed E-state index contributed by atoms with van der Waals surface area (Å²) < 4.78 is 8.63. The standard InChI is InChI=1S/C4H7NO3/c1-5-4(6)8-3-7-2/h1,3H2,2H3. The average Bonchev–Trinajstić information content (AvgIpc) is 1.83. The van der Waals surface area contributed by atoms with E-state index in [1.165, 1.54) is 7.11 Å². The van der Waals surface area contributed by atoms with Gasteiger partial charge in [0.15, 0.2) is 6.79 Å². The zero-order valence-electron chi connectivity index (χ0n) is 4.59. The first-order valence-electron chi connectivity index (χ1n) is 1.93. The van der Waals surface area contributed by atoms with Crippen molar-refractivity contribution in [1.29, 1.82) is 0 Å². The highest BCUT2D eigenvalue weighted by atomic mass is 16.7. The Kier molecular flexibility index (Phi) is 3.78. The molecule has 0 bridgehead atoms. The van der Waals surface area contributed by atoms with E-state index in [1.807, 2.05) is 0 Å². The lowest BCUT2D eigenvalue weighted by Gasteiger charge is -1.94. The molecule has 0 saturated carbocycles. The number of amides is 1. The van der Waals surface area contributed by atoms with Gasteiger partial charge in [-0.2, -0.15) is 4.99 Å². The van der Waals surface area contributed by atoms with Crippen LogP contribution in [-0.2, 0) is 9.47 Å². The van der Waals surface area contributed by atoms with Crippen LogP contribution in [0.15, 0.2) is 4.99 Å². The third kappa shape index (κ3) is 3.30. The van der Waals surface area contributed by atoms with Crippen LogP contribution in [0.25, 0.3) is 0 Å². The maximum Gasteiger partial charge on any atom is 0.435 e. The summed E-state index contributed by atoms with van der Waals surface area (Å²) in [5, 5.41) is 0. The molecule has 1 amide bonds. The minimum absolute atomic E-state index is 0.0716. The van der Waals surface area contributed by atoms with Crippen molar-refractivity contribution in [3.8, 4) is 0 Å². The van der Waals surface area contributed by atoms with Crippen molar-refractivity contribution < 1.29 is 14.3 Å². The van der Waals surface area contributed by atoms with E-state index < -0.39 is 6.09 Å². The molecule has 0 aromatic rings. The fraction of sp³-hybridized carbons (Fsp3) is 0.500. The van der Waals surface area contributed by atoms with Crippen molar-refractivity contribution in [2.75, 3.05) is 13.9 Å². The molecular formula is C4H7NO3. The van der Waals surface area contributed by atoms with Crippen molar-refractivity contribution in [3.63, 3.8) is 0 Å². The van der Waals surface area contributed by atoms with E-state index in [-0.39, 0.29) is 6.79 Å². The molecule has 0 aliphatic carbocycles. The van der Waals surface area contributed by atoms with Gasteiger partial charge in [0.2, 0.25) is 0 Å². The topological polar surface area (TPSA) is 47.9 Å². The van der Waals surface area contributed by atoms with Crippen LogP contribution in [0.3, 0.4) is 0 Å². The van der Waals surface area contributed by atoms with Crippen LogP contribution in [0.4, 0.5) is 4.79 Å². The molecule has 0 N–H and O–H groups in total. The zero-order chi connectivity index (χ0) is 6.41. The molecule has 0 rings (SSSR count). The van der Waals surface area contributed by atoms with Gasteiger partial charge < -0.3 is 9.47 Å². The number of hydrogen-bond donors (Lipinski definition) is 0. The summed E-state index contributed by atoms with van der Waals surface area (Å²) in [7, 11) is 1.41. The predicted molar refractivity (Wildman–Crippen MR) is 27.9 cm³/mol. The van der Waals surface area contributed by atoms with E-state index in [4.69, 9.17) is 0 Å². The van der Waals surface area contributed by atoms with Crippen LogP contribution in [-0.4, -0.2) is 26.7 Å². The Morgan fingerprint density at radius 3 is 2.88 bits per heavy atom. The largest absolute Gasteiger partial charge is 0.435 e. The highest BCUT2D eigenvalue weighted by Gasteiger charge is 1.91. The van der Waals surface area contributed by atoms with Crippen molar-refractivity contribution >= 4 is 12.8 Å². The Balaban J connectivity index is 3.11. The summed E-state index contributed by atoms with van der Waals surface area (Å²) in [5.74, 6) is 0. The van der Waals surface area contributed by atoms with Gasteiger partial charge >= 0.3 is 6.09 Å². The highest BCUT2D eigenvalue weighted by molar-refractivity contribution is 5.72. The Labute approximate surface area is 47.1 Å². The molecule has 0 heterocycles. The van der Waals surface area contributed by atoms with Crippen LogP contribution in [0.1, 0.15) is 0 Å². The number of aliphatic imine (C=N–C) groups is 1. The second-order valence-electron chi connectivity index (χ2n) is 0.975. The molecule has 0 fully saturated rings. The molecule has 0 aliphatic heterocycles. The van der Waals surface area contributed by atoms with E-state index in [9.17, 15) is 4.79 Å². The zero-order valence-corrected chi connectivity index (χ0v) is 4.59. The number of carbonyl (C=O) groups excluding carboxylic acids is 1. The van der Waals surface area contributed by atoms with Crippen LogP contribution >= 0.6 is 0 Å². The van der Waals surface area contributed by atoms with Crippen LogP contribution in [0.5, 0.6) is 0 Å². The van der Waals surface area contributed by atoms with Gasteiger partial charge in [0.05, 0.1) is 0 Å². The summed E-state index contributed by atoms with van der Waals surface area (Å²) in [5.41, 5.74) is 0. The average molecular weight is 117 g/mol. The van der Waals surface area contributed by atoms with Gasteiger partial charge in [-0.05, 0) is 6.72 Å². The second-order valence-corrected chi connectivity index (χ2v) is 0.975. The van der Waals surface area contributed by atoms with Gasteiger partial charge in [-0.1, -0.05) is 0 Å². The smallest absolute Gasteiger partial charge is 0.421 e. The maximum absolute atomic E-state index is 10.0. The number of nitrogens with zero attached hydrogens (tertiary/aromatic N) is 1. The lowest BCUT2D eigenvalue weighted by atomic mass is 11.2. The van der Waals surface area contributed by atoms with E-state index in [0.29, 0.717) is 0 Å². The summed E-state index contributed by atoms with van der Waals surface area (Å²) in [6, 6.07) is 0. The van der Waals surface area contributed by atoms with Crippen molar-refractivity contribution in [3.05, 3.63) is 0 Å². The van der Waals surface area contributed by atoms with Crippen molar-refractivity contribution in [2.45, 2.75) is 0 Å². The quantitative estimate of drug-likeness (QED) is 0.389. The lowest BCUT2D eigenvalue weighted by Crippen LogP contribution is -2.00. The van der Waals surface area contributed by atoms with Gasteiger partial charge in [-0.25, -0.2) is 4.79 Å². The first-order valence-corrected chi connectivity index (χ1v) is 1.93. The highest BCUT2D eigenvalue weighted by Crippen LogP contribution is 1.79. The molecular weight excluding hydrogens is 110 g/mol. The Bertz CT molecular complexity index is 91.3. The molecule has 0 saturated heterocycles. The number of rotatable bonds is 2. The fourth-order valence-corrected chi connectivity index (χ4v) is 0.155. The molecule has 0 radical (unpaired) electrons. The maximum atomic E-state index is 10.0. The molecule has 4 heteroatoms. The minimum Gasteiger partial charge on any atom is -0.421 e. The molecule has 8 heavy (non-hydrogen) atoms. The molecule has 0 aromatic carbocycles. The summed E-state index contributed by atoms with van der Waals surface area (Å²) >= 11 is 0. The number of hydrogen-bond acceptors (Lipinski definition) is 3. The molecule has 0 spiro atoms. The van der Waals surface area contributed by atoms with E-state index in [1.54, 1.807) is 0 Å². The third-order valence-electron chi connectivity index (χ3n) is 0.429. The molecule has 0 aromatic heterocycles. The number of methoxy groups -OCH3 is 1. The Morgan fingerprint density at radius 2 is 2.50 bits per heavy atom. The molecule has 4 nitrogen and oxygen atoms in total. The minimum atomic E-state index is -0.716. The molecule has 0 aliphatic rings. The number of ether oxygens (including phenoxy) is 2. The van der Waals surface area contributed by atoms with Crippen LogP contribution in [0.2, 0.25) is 0 Å². The SMILES string of the molecule is C=NC(=O)OCOC. The molecule has 46 valence electrons. The fourth-order valence-electron chi connectivity index (χ4n) is 0.155. The number of carbonyl (C=O) groups is 1. The lowest BCUT2D eigenvalue weighted by molar-refractivity contribution is 0.0165. The summed E-state index contributed by atoms with van der Waals surface area (Å²) in [6.45, 7) is 2.86. The Hall–Kier alpha value is -0.900. The Morgan fingerprint density at radius 1 is 1.88 bits per heavy atom. The van der Waals surface area contributed by atoms with Gasteiger partial charge in [0.25, 0.3) is 0 Å². The predicted octanol–water partition coefficient (Wildman–Crippen LogP) is 0.427. The summed E-state index contributed by atoms with van der Waals surface area (Å²) in [4.78, 5) is 13.0. The van der Waals surface area contributed by atoms with Crippen LogP contribution in [0, 0.1) is 0 Å². The van der Waals surface area contributed by atoms with Crippen LogP contribution < -0.4 is 0 Å². The third-order valence-corrected chi connectivity index (χ3v) is 0.429. The van der Waals surface area contributed by atoms with E-state index in [2.05, 4.69) is 21.2 Å². The first-order chi connectivity index (χ1) is 3.81. The molecule has 0 atom stereocenters. The van der Waals surface area contributed by atoms with Gasteiger partial charge in [0.1, 0.15) is 0 Å². The van der Waals surface area contributed by atoms with Crippen molar-refractivity contribution in [2.24, 2.45) is 4.99 Å². The van der Waals surface area contributed by atoms with E-state index >= 15 is 0 Å². The monoisotopic (exact) mass is 117 g/mol. The first kappa shape index (κ1) is 7.10. The normalized spacial score (nSPS) is 8.12. The van der Waals surface area contributed by atoms with Crippen molar-refractivity contribution in [1.82, 2.24) is 0 Å². The van der Waals surface area contributed by atoms with E-state index in [0.717, 1.165) is 0 Å². The molecule has 0 unspecified atom stereocenters. The van der Waals surface area contributed by atoms with Gasteiger partial charge in [0, 0.05) is 7.11 Å². The van der Waals surface area contributed by atoms with Gasteiger partial charge in [-0.15, -0.1) is 0 Å².